The molecule has 0 aromatic carbocycles. The summed E-state index contributed by atoms with van der Waals surface area (Å²) in [6.45, 7) is -0.115. The molecular weight excluding hydrogens is 200 g/mol. The van der Waals surface area contributed by atoms with Gasteiger partial charge in [0.25, 0.3) is 0 Å². The number of hydrogen-bond donors (Lipinski definition) is 4. The van der Waals surface area contributed by atoms with Crippen molar-refractivity contribution in [3.8, 4) is 0 Å². The number of primary amides is 1. The topological polar surface area (TPSA) is 131 Å². The summed E-state index contributed by atoms with van der Waals surface area (Å²) >= 11 is 0. The van der Waals surface area contributed by atoms with E-state index in [4.69, 9.17) is 16.6 Å². The number of nitrogens with one attached hydrogen (secondary N) is 1. The van der Waals surface area contributed by atoms with Crippen LogP contribution in [-0.2, 0) is 4.79 Å². The van der Waals surface area contributed by atoms with Gasteiger partial charge in [-0.15, -0.1) is 0 Å². The van der Waals surface area contributed by atoms with E-state index in [-0.39, 0.29) is 23.6 Å². The molecule has 7 nitrogen and oxygen atoms in total. The zero-order valence-corrected chi connectivity index (χ0v) is 7.73. The molecule has 0 aliphatic carbocycles. The van der Waals surface area contributed by atoms with Gasteiger partial charge in [0.1, 0.15) is 5.82 Å². The molecule has 0 aliphatic heterocycles. The van der Waals surface area contributed by atoms with Crippen molar-refractivity contribution in [1.29, 1.82) is 0 Å². The molecule has 0 spiro atoms. The lowest BCUT2D eigenvalue weighted by molar-refractivity contribution is -0.116. The number of carboxylic acid groups (broad SMARTS) is 1. The summed E-state index contributed by atoms with van der Waals surface area (Å²) in [6, 6.07) is 1.24. The van der Waals surface area contributed by atoms with Crippen LogP contribution in [0, 0.1) is 0 Å². The average Bonchev–Trinajstić information content (AvgIpc) is 2.16. The third-order valence-corrected chi connectivity index (χ3v) is 1.61. The maximum Gasteiger partial charge on any atom is 0.337 e. The smallest absolute Gasteiger partial charge is 0.337 e. The van der Waals surface area contributed by atoms with Crippen LogP contribution in [0.3, 0.4) is 0 Å². The molecule has 15 heavy (non-hydrogen) atoms. The van der Waals surface area contributed by atoms with E-state index < -0.39 is 11.9 Å². The summed E-state index contributed by atoms with van der Waals surface area (Å²) in [7, 11) is 0. The van der Waals surface area contributed by atoms with Crippen molar-refractivity contribution < 1.29 is 14.7 Å². The van der Waals surface area contributed by atoms with Crippen LogP contribution in [0.2, 0.25) is 0 Å². The largest absolute Gasteiger partial charge is 0.478 e. The summed E-state index contributed by atoms with van der Waals surface area (Å²) in [5, 5.41) is 11.3. The average molecular weight is 210 g/mol. The highest BCUT2D eigenvalue weighted by Crippen LogP contribution is 2.14. The number of carbonyl (C=O) groups excluding carboxylic acids is 1. The first kappa shape index (κ1) is 10.8. The van der Waals surface area contributed by atoms with Gasteiger partial charge in [-0.3, -0.25) is 4.79 Å². The lowest BCUT2D eigenvalue weighted by Gasteiger charge is -2.05. The van der Waals surface area contributed by atoms with Crippen LogP contribution in [0.5, 0.6) is 0 Å². The Kier molecular flexibility index (Phi) is 3.06. The first-order valence-corrected chi connectivity index (χ1v) is 4.01. The number of rotatable bonds is 4. The number of nitrogens with zero attached hydrogens (tertiary/aromatic N) is 1. The zero-order chi connectivity index (χ0) is 11.4. The van der Waals surface area contributed by atoms with Crippen LogP contribution in [0.25, 0.3) is 0 Å². The van der Waals surface area contributed by atoms with Crippen molar-refractivity contribution in [2.75, 3.05) is 17.6 Å². The van der Waals surface area contributed by atoms with Crippen molar-refractivity contribution in [2.45, 2.75) is 0 Å². The van der Waals surface area contributed by atoms with Crippen LogP contribution in [-0.4, -0.2) is 28.5 Å². The molecule has 0 bridgehead atoms. The quantitative estimate of drug-likeness (QED) is 0.517. The molecule has 0 aliphatic rings. The second kappa shape index (κ2) is 4.27. The third-order valence-electron chi connectivity index (χ3n) is 1.61. The second-order valence-corrected chi connectivity index (χ2v) is 2.78. The highest BCUT2D eigenvalue weighted by Gasteiger charge is 2.09. The Balaban J connectivity index is 2.87. The predicted octanol–water partition coefficient (Wildman–Crippen LogP) is -0.741. The van der Waals surface area contributed by atoms with Crippen molar-refractivity contribution in [3.63, 3.8) is 0 Å². The van der Waals surface area contributed by atoms with E-state index in [1.54, 1.807) is 0 Å². The van der Waals surface area contributed by atoms with Crippen molar-refractivity contribution in [2.24, 2.45) is 5.73 Å². The summed E-state index contributed by atoms with van der Waals surface area (Å²) in [6.07, 6.45) is 1.20. The Morgan fingerprint density at radius 1 is 1.53 bits per heavy atom. The van der Waals surface area contributed by atoms with Crippen molar-refractivity contribution in [1.82, 2.24) is 4.98 Å². The third kappa shape index (κ3) is 2.83. The van der Waals surface area contributed by atoms with Gasteiger partial charge in [-0.25, -0.2) is 9.78 Å². The Hall–Kier alpha value is -2.31. The number of hydrogen-bond acceptors (Lipinski definition) is 5. The number of aromatic carboxylic acids is 1. The van der Waals surface area contributed by atoms with E-state index in [1.807, 2.05) is 0 Å². The minimum atomic E-state index is -1.16. The number of amides is 1. The van der Waals surface area contributed by atoms with E-state index in [0.29, 0.717) is 0 Å². The van der Waals surface area contributed by atoms with Gasteiger partial charge in [0.15, 0.2) is 0 Å². The van der Waals surface area contributed by atoms with Gasteiger partial charge < -0.3 is 21.9 Å². The highest BCUT2D eigenvalue weighted by molar-refractivity contribution is 5.94. The fraction of sp³-hybridized carbons (Fsp3) is 0.125. The minimum absolute atomic E-state index is 0.0622. The van der Waals surface area contributed by atoms with E-state index in [2.05, 4.69) is 10.3 Å². The van der Waals surface area contributed by atoms with Crippen LogP contribution < -0.4 is 16.8 Å². The Bertz CT molecular complexity index is 405. The molecule has 6 N–H and O–H groups in total. The van der Waals surface area contributed by atoms with Crippen LogP contribution in [0.15, 0.2) is 12.3 Å². The van der Waals surface area contributed by atoms with Gasteiger partial charge in [0.2, 0.25) is 5.91 Å². The molecule has 80 valence electrons. The molecule has 1 amide bonds. The molecule has 1 heterocycles. The molecular formula is C8H10N4O3. The lowest BCUT2D eigenvalue weighted by atomic mass is 10.2. The first-order chi connectivity index (χ1) is 7.00. The van der Waals surface area contributed by atoms with Gasteiger partial charge in [-0.05, 0) is 6.07 Å². The minimum Gasteiger partial charge on any atom is -0.478 e. The fourth-order valence-corrected chi connectivity index (χ4v) is 0.926. The second-order valence-electron chi connectivity index (χ2n) is 2.78. The van der Waals surface area contributed by atoms with E-state index >= 15 is 0 Å². The summed E-state index contributed by atoms with van der Waals surface area (Å²) in [5.41, 5.74) is 10.3. The number of nitrogens with two attached hydrogens (primary N) is 2. The molecule has 0 saturated heterocycles. The number of carboxylic acids is 1. The standard InChI is InChI=1S/C8H10N4O3/c9-5-2-11-7(12-3-6(10)13)1-4(5)8(14)15/h1-2H,3,9H2,(H2,10,13)(H,11,12)(H,14,15). The Morgan fingerprint density at radius 3 is 2.73 bits per heavy atom. The maximum atomic E-state index is 10.7. The molecule has 1 aromatic heterocycles. The normalized spacial score (nSPS) is 9.60. The SMILES string of the molecule is NC(=O)CNc1cc(C(=O)O)c(N)cn1. The molecule has 0 saturated carbocycles. The number of aromatic nitrogens is 1. The van der Waals surface area contributed by atoms with Gasteiger partial charge in [0, 0.05) is 0 Å². The molecule has 0 fully saturated rings. The molecule has 1 aromatic rings. The summed E-state index contributed by atoms with van der Waals surface area (Å²) in [5.74, 6) is -1.48. The van der Waals surface area contributed by atoms with Crippen LogP contribution in [0.1, 0.15) is 10.4 Å². The summed E-state index contributed by atoms with van der Waals surface area (Å²) in [4.78, 5) is 24.9. The first-order valence-electron chi connectivity index (χ1n) is 4.01. The van der Waals surface area contributed by atoms with Gasteiger partial charge >= 0.3 is 5.97 Å². The fourth-order valence-electron chi connectivity index (χ4n) is 0.926. The van der Waals surface area contributed by atoms with E-state index in [1.165, 1.54) is 12.3 Å². The zero-order valence-electron chi connectivity index (χ0n) is 7.73. The van der Waals surface area contributed by atoms with Crippen LogP contribution >= 0.6 is 0 Å². The predicted molar refractivity (Wildman–Crippen MR) is 53.3 cm³/mol. The number of carbonyl (C=O) groups is 2. The van der Waals surface area contributed by atoms with Crippen molar-refractivity contribution >= 4 is 23.4 Å². The Morgan fingerprint density at radius 2 is 2.20 bits per heavy atom. The number of anilines is 2. The van der Waals surface area contributed by atoms with E-state index in [0.717, 1.165) is 0 Å². The monoisotopic (exact) mass is 210 g/mol. The van der Waals surface area contributed by atoms with Crippen LogP contribution in [0.4, 0.5) is 11.5 Å². The van der Waals surface area contributed by atoms with Gasteiger partial charge in [-0.1, -0.05) is 0 Å². The van der Waals surface area contributed by atoms with E-state index in [9.17, 15) is 9.59 Å². The maximum absolute atomic E-state index is 10.7. The molecule has 0 radical (unpaired) electrons. The number of pyridine rings is 1. The van der Waals surface area contributed by atoms with Crippen molar-refractivity contribution in [3.05, 3.63) is 17.8 Å². The molecule has 0 unspecified atom stereocenters. The van der Waals surface area contributed by atoms with Gasteiger partial charge in [-0.2, -0.15) is 0 Å². The van der Waals surface area contributed by atoms with Gasteiger partial charge in [0.05, 0.1) is 24.0 Å². The summed E-state index contributed by atoms with van der Waals surface area (Å²) < 4.78 is 0. The molecule has 1 rings (SSSR count). The number of nitrogen functional groups attached to an aromatic ring is 1. The molecule has 0 atom stereocenters. The lowest BCUT2D eigenvalue weighted by Crippen LogP contribution is -2.22. The Labute approximate surface area is 85.1 Å². The molecule has 7 heteroatoms. The highest BCUT2D eigenvalue weighted by atomic mass is 16.4.